The van der Waals surface area contributed by atoms with Crippen molar-refractivity contribution in [1.29, 1.82) is 0 Å². The SMILES string of the molecule is Cc1ccc(/N=N/c2c(O)c(C(=O)Nc3cccc([N+](=O)[O-])c3)cc3ccccc23)c([N+](=O)[O-])c1. The van der Waals surface area contributed by atoms with Crippen molar-refractivity contribution >= 4 is 45.1 Å². The first-order chi connectivity index (χ1) is 16.7. The summed E-state index contributed by atoms with van der Waals surface area (Å²) in [6.07, 6.45) is 0. The van der Waals surface area contributed by atoms with Gasteiger partial charge in [-0.05, 0) is 36.1 Å². The van der Waals surface area contributed by atoms with Gasteiger partial charge in [0.05, 0.1) is 15.4 Å². The molecule has 2 N–H and O–H groups in total. The van der Waals surface area contributed by atoms with Crippen molar-refractivity contribution in [1.82, 2.24) is 0 Å². The largest absolute Gasteiger partial charge is 0.505 e. The average Bonchev–Trinajstić information content (AvgIpc) is 2.83. The molecular weight excluding hydrogens is 454 g/mol. The zero-order valence-electron chi connectivity index (χ0n) is 18.2. The highest BCUT2D eigenvalue weighted by Crippen LogP contribution is 2.40. The third-order valence-corrected chi connectivity index (χ3v) is 5.14. The smallest absolute Gasteiger partial charge is 0.296 e. The van der Waals surface area contributed by atoms with Crippen molar-refractivity contribution in [3.05, 3.63) is 104 Å². The Labute approximate surface area is 197 Å². The van der Waals surface area contributed by atoms with Crippen molar-refractivity contribution in [2.24, 2.45) is 10.2 Å². The maximum absolute atomic E-state index is 13.0. The summed E-state index contributed by atoms with van der Waals surface area (Å²) in [6.45, 7) is 1.71. The van der Waals surface area contributed by atoms with Crippen LogP contribution in [0.15, 0.2) is 83.0 Å². The zero-order chi connectivity index (χ0) is 25.1. The summed E-state index contributed by atoms with van der Waals surface area (Å²) in [5.74, 6) is -1.23. The van der Waals surface area contributed by atoms with Crippen LogP contribution in [0, 0.1) is 27.2 Å². The van der Waals surface area contributed by atoms with Gasteiger partial charge >= 0.3 is 0 Å². The number of phenolic OH excluding ortho intramolecular Hbond substituents is 1. The van der Waals surface area contributed by atoms with E-state index in [1.165, 1.54) is 42.5 Å². The maximum atomic E-state index is 13.0. The minimum absolute atomic E-state index is 0.0180. The molecule has 0 heterocycles. The lowest BCUT2D eigenvalue weighted by Gasteiger charge is -2.11. The van der Waals surface area contributed by atoms with Crippen LogP contribution in [0.2, 0.25) is 0 Å². The summed E-state index contributed by atoms with van der Waals surface area (Å²) in [5.41, 5.74) is 0.149. The molecule has 0 fully saturated rings. The maximum Gasteiger partial charge on any atom is 0.296 e. The standard InChI is InChI=1S/C24H17N5O6/c1-14-9-10-20(21(11-14)29(34)35)26-27-22-18-8-3-2-5-15(18)12-19(23(22)30)24(31)25-16-6-4-7-17(13-16)28(32)33/h2-13,30H,1H3,(H,25,31)/b27-26+. The number of amides is 1. The molecule has 35 heavy (non-hydrogen) atoms. The number of benzene rings is 4. The van der Waals surface area contributed by atoms with Crippen molar-refractivity contribution < 1.29 is 19.7 Å². The van der Waals surface area contributed by atoms with E-state index in [1.54, 1.807) is 37.3 Å². The molecule has 11 nitrogen and oxygen atoms in total. The number of hydrogen-bond acceptors (Lipinski definition) is 8. The summed E-state index contributed by atoms with van der Waals surface area (Å²) < 4.78 is 0. The number of hydrogen-bond donors (Lipinski definition) is 2. The highest BCUT2D eigenvalue weighted by atomic mass is 16.6. The Hall–Kier alpha value is -5.19. The van der Waals surface area contributed by atoms with E-state index in [0.717, 1.165) is 0 Å². The first-order valence-electron chi connectivity index (χ1n) is 10.2. The van der Waals surface area contributed by atoms with Crippen molar-refractivity contribution in [2.45, 2.75) is 6.92 Å². The Balaban J connectivity index is 1.78. The van der Waals surface area contributed by atoms with Gasteiger partial charge in [-0.2, -0.15) is 0 Å². The number of nitrogens with one attached hydrogen (secondary N) is 1. The Morgan fingerprint density at radius 3 is 2.43 bits per heavy atom. The Morgan fingerprint density at radius 2 is 1.69 bits per heavy atom. The van der Waals surface area contributed by atoms with Crippen LogP contribution in [-0.2, 0) is 0 Å². The van der Waals surface area contributed by atoms with Gasteiger partial charge in [0.25, 0.3) is 17.3 Å². The quantitative estimate of drug-likeness (QED) is 0.189. The van der Waals surface area contributed by atoms with E-state index >= 15 is 0 Å². The van der Waals surface area contributed by atoms with Gasteiger partial charge in [-0.3, -0.25) is 25.0 Å². The fourth-order valence-corrected chi connectivity index (χ4v) is 3.46. The molecule has 0 saturated carbocycles. The first kappa shape index (κ1) is 23.0. The number of carbonyl (C=O) groups is 1. The van der Waals surface area contributed by atoms with Crippen LogP contribution in [0.25, 0.3) is 10.8 Å². The normalized spacial score (nSPS) is 11.0. The van der Waals surface area contributed by atoms with E-state index in [9.17, 15) is 30.1 Å². The van der Waals surface area contributed by atoms with Gasteiger partial charge < -0.3 is 10.4 Å². The van der Waals surface area contributed by atoms with Gasteiger partial charge in [-0.15, -0.1) is 10.2 Å². The molecule has 0 radical (unpaired) electrons. The van der Waals surface area contributed by atoms with Gasteiger partial charge in [0, 0.05) is 29.3 Å². The number of carbonyl (C=O) groups excluding carboxylic acids is 1. The molecule has 0 bridgehead atoms. The summed E-state index contributed by atoms with van der Waals surface area (Å²) in [7, 11) is 0. The molecule has 0 aliphatic heterocycles. The molecule has 1 amide bonds. The van der Waals surface area contributed by atoms with Crippen LogP contribution in [-0.4, -0.2) is 20.9 Å². The molecule has 0 spiro atoms. The van der Waals surface area contributed by atoms with Crippen LogP contribution < -0.4 is 5.32 Å². The van der Waals surface area contributed by atoms with E-state index in [4.69, 9.17) is 0 Å². The van der Waals surface area contributed by atoms with Crippen molar-refractivity contribution in [2.75, 3.05) is 5.32 Å². The van der Waals surface area contributed by atoms with Gasteiger partial charge in [-0.25, -0.2) is 0 Å². The molecule has 4 rings (SSSR count). The molecule has 4 aromatic rings. The molecule has 0 unspecified atom stereocenters. The number of nitro groups is 2. The second-order valence-electron chi connectivity index (χ2n) is 7.55. The highest BCUT2D eigenvalue weighted by molar-refractivity contribution is 6.11. The number of non-ortho nitro benzene ring substituents is 1. The lowest BCUT2D eigenvalue weighted by molar-refractivity contribution is -0.384. The number of aryl methyl sites for hydroxylation is 1. The minimum atomic E-state index is -0.730. The van der Waals surface area contributed by atoms with Crippen LogP contribution in [0.1, 0.15) is 15.9 Å². The zero-order valence-corrected chi connectivity index (χ0v) is 18.2. The fourth-order valence-electron chi connectivity index (χ4n) is 3.46. The summed E-state index contributed by atoms with van der Waals surface area (Å²) in [6, 6.07) is 18.0. The summed E-state index contributed by atoms with van der Waals surface area (Å²) in [4.78, 5) is 34.2. The number of azo groups is 1. The number of phenols is 1. The Kier molecular flexibility index (Phi) is 6.14. The lowest BCUT2D eigenvalue weighted by Crippen LogP contribution is -2.12. The van der Waals surface area contributed by atoms with E-state index in [1.807, 2.05) is 0 Å². The number of fused-ring (bicyclic) bond motifs is 1. The number of nitrogens with zero attached hydrogens (tertiary/aromatic N) is 4. The average molecular weight is 471 g/mol. The molecule has 11 heteroatoms. The van der Waals surface area contributed by atoms with E-state index < -0.39 is 21.5 Å². The number of nitro benzene ring substituents is 2. The van der Waals surface area contributed by atoms with Crippen molar-refractivity contribution in [3.8, 4) is 5.75 Å². The first-order valence-corrected chi connectivity index (χ1v) is 10.2. The number of aromatic hydroxyl groups is 1. The molecule has 0 aliphatic carbocycles. The predicted molar refractivity (Wildman–Crippen MR) is 129 cm³/mol. The lowest BCUT2D eigenvalue weighted by atomic mass is 10.0. The predicted octanol–water partition coefficient (Wildman–Crippen LogP) is 6.34. The fraction of sp³-hybridized carbons (Fsp3) is 0.0417. The van der Waals surface area contributed by atoms with Crippen LogP contribution >= 0.6 is 0 Å². The molecular formula is C24H17N5O6. The van der Waals surface area contributed by atoms with E-state index in [2.05, 4.69) is 15.5 Å². The summed E-state index contributed by atoms with van der Waals surface area (Å²) in [5, 5.41) is 44.9. The van der Waals surface area contributed by atoms with Crippen LogP contribution in [0.4, 0.5) is 28.4 Å². The number of rotatable bonds is 6. The van der Waals surface area contributed by atoms with Crippen LogP contribution in [0.3, 0.4) is 0 Å². The second-order valence-corrected chi connectivity index (χ2v) is 7.55. The van der Waals surface area contributed by atoms with E-state index in [0.29, 0.717) is 16.3 Å². The second kappa shape index (κ2) is 9.35. The Morgan fingerprint density at radius 1 is 0.914 bits per heavy atom. The van der Waals surface area contributed by atoms with Gasteiger partial charge in [0.15, 0.2) is 11.4 Å². The highest BCUT2D eigenvalue weighted by Gasteiger charge is 2.20. The molecule has 4 aromatic carbocycles. The Bertz CT molecular complexity index is 1530. The van der Waals surface area contributed by atoms with Gasteiger partial charge in [-0.1, -0.05) is 36.4 Å². The minimum Gasteiger partial charge on any atom is -0.505 e. The summed E-state index contributed by atoms with van der Waals surface area (Å²) >= 11 is 0. The van der Waals surface area contributed by atoms with Gasteiger partial charge in [0.1, 0.15) is 5.69 Å². The molecule has 0 atom stereocenters. The van der Waals surface area contributed by atoms with E-state index in [-0.39, 0.29) is 34.0 Å². The third kappa shape index (κ3) is 4.78. The van der Waals surface area contributed by atoms with Crippen molar-refractivity contribution in [3.63, 3.8) is 0 Å². The number of anilines is 1. The van der Waals surface area contributed by atoms with Gasteiger partial charge in [0.2, 0.25) is 0 Å². The molecule has 0 saturated heterocycles. The van der Waals surface area contributed by atoms with Crippen LogP contribution in [0.5, 0.6) is 5.75 Å². The molecule has 0 aromatic heterocycles. The molecule has 0 aliphatic rings. The monoisotopic (exact) mass is 471 g/mol. The third-order valence-electron chi connectivity index (χ3n) is 5.14. The molecule has 174 valence electrons. The topological polar surface area (TPSA) is 160 Å².